The standard InChI is InChI=1S/C12H14N2O3/c13-11(16)8-1-3-9(4-2-8)12(17)14-6-5-10(15)7-14/h1-4,10,15H,5-7H2,(H2,13,16). The Morgan fingerprint density at radius 3 is 2.29 bits per heavy atom. The van der Waals surface area contributed by atoms with Crippen LogP contribution in [0.4, 0.5) is 0 Å². The number of aliphatic hydroxyl groups is 1. The molecule has 1 unspecified atom stereocenters. The molecule has 1 heterocycles. The summed E-state index contributed by atoms with van der Waals surface area (Å²) in [6.07, 6.45) is 0.189. The second-order valence-electron chi connectivity index (χ2n) is 4.14. The number of benzene rings is 1. The number of carbonyl (C=O) groups excluding carboxylic acids is 2. The molecule has 0 saturated carbocycles. The lowest BCUT2D eigenvalue weighted by atomic mass is 10.1. The Morgan fingerprint density at radius 2 is 1.82 bits per heavy atom. The van der Waals surface area contributed by atoms with Crippen molar-refractivity contribution < 1.29 is 14.7 Å². The number of nitrogens with zero attached hydrogens (tertiary/aromatic N) is 1. The second-order valence-corrected chi connectivity index (χ2v) is 4.14. The molecule has 1 saturated heterocycles. The van der Waals surface area contributed by atoms with Gasteiger partial charge in [-0.15, -0.1) is 0 Å². The van der Waals surface area contributed by atoms with E-state index in [1.165, 1.54) is 12.1 Å². The third-order valence-electron chi connectivity index (χ3n) is 2.87. The van der Waals surface area contributed by atoms with E-state index in [0.29, 0.717) is 30.6 Å². The highest BCUT2D eigenvalue weighted by atomic mass is 16.3. The van der Waals surface area contributed by atoms with E-state index in [-0.39, 0.29) is 5.91 Å². The molecule has 5 nitrogen and oxygen atoms in total. The molecule has 0 aromatic heterocycles. The summed E-state index contributed by atoms with van der Waals surface area (Å²) in [5, 5.41) is 9.36. The van der Waals surface area contributed by atoms with Crippen molar-refractivity contribution in [3.63, 3.8) is 0 Å². The first kappa shape index (κ1) is 11.6. The summed E-state index contributed by atoms with van der Waals surface area (Å²) < 4.78 is 0. The van der Waals surface area contributed by atoms with Gasteiger partial charge in [0.1, 0.15) is 0 Å². The molecule has 2 amide bonds. The molecular weight excluding hydrogens is 220 g/mol. The van der Waals surface area contributed by atoms with Crippen molar-refractivity contribution in [2.45, 2.75) is 12.5 Å². The minimum absolute atomic E-state index is 0.127. The first-order chi connectivity index (χ1) is 8.08. The second kappa shape index (κ2) is 4.55. The van der Waals surface area contributed by atoms with Gasteiger partial charge in [-0.3, -0.25) is 9.59 Å². The van der Waals surface area contributed by atoms with Gasteiger partial charge in [-0.05, 0) is 30.7 Å². The highest BCUT2D eigenvalue weighted by Gasteiger charge is 2.25. The number of β-amino-alcohol motifs (C(OH)–C–C–N with tert-alkyl or cyclic N) is 1. The van der Waals surface area contributed by atoms with Crippen LogP contribution in [0.2, 0.25) is 0 Å². The minimum Gasteiger partial charge on any atom is -0.391 e. The molecule has 0 spiro atoms. The Kier molecular flexibility index (Phi) is 3.10. The molecule has 2 rings (SSSR count). The molecule has 1 aromatic rings. The number of nitrogens with two attached hydrogens (primary N) is 1. The van der Waals surface area contributed by atoms with E-state index >= 15 is 0 Å². The van der Waals surface area contributed by atoms with E-state index in [0.717, 1.165) is 0 Å². The fourth-order valence-electron chi connectivity index (χ4n) is 1.89. The highest BCUT2D eigenvalue weighted by molar-refractivity contribution is 5.97. The van der Waals surface area contributed by atoms with Crippen molar-refractivity contribution >= 4 is 11.8 Å². The summed E-state index contributed by atoms with van der Waals surface area (Å²) in [5.74, 6) is -0.641. The van der Waals surface area contributed by atoms with Crippen molar-refractivity contribution in [3.05, 3.63) is 35.4 Å². The third kappa shape index (κ3) is 2.45. The van der Waals surface area contributed by atoms with Crippen LogP contribution < -0.4 is 5.73 Å². The fraction of sp³-hybridized carbons (Fsp3) is 0.333. The van der Waals surface area contributed by atoms with Crippen LogP contribution in [0.5, 0.6) is 0 Å². The van der Waals surface area contributed by atoms with Crippen LogP contribution in [-0.4, -0.2) is 41.0 Å². The Morgan fingerprint density at radius 1 is 1.24 bits per heavy atom. The zero-order valence-corrected chi connectivity index (χ0v) is 9.30. The first-order valence-electron chi connectivity index (χ1n) is 5.45. The number of carbonyl (C=O) groups is 2. The van der Waals surface area contributed by atoms with Crippen LogP contribution >= 0.6 is 0 Å². The van der Waals surface area contributed by atoms with Crippen LogP contribution in [0.25, 0.3) is 0 Å². The molecule has 17 heavy (non-hydrogen) atoms. The maximum absolute atomic E-state index is 12.0. The van der Waals surface area contributed by atoms with E-state index in [1.54, 1.807) is 17.0 Å². The molecule has 5 heteroatoms. The minimum atomic E-state index is -0.513. The Bertz CT molecular complexity index is 442. The Balaban J connectivity index is 2.12. The number of likely N-dealkylation sites (tertiary alicyclic amines) is 1. The zero-order chi connectivity index (χ0) is 12.4. The summed E-state index contributed by atoms with van der Waals surface area (Å²) in [4.78, 5) is 24.4. The third-order valence-corrected chi connectivity index (χ3v) is 2.87. The number of hydrogen-bond donors (Lipinski definition) is 2. The van der Waals surface area contributed by atoms with E-state index in [4.69, 9.17) is 5.73 Å². The quantitative estimate of drug-likeness (QED) is 0.755. The monoisotopic (exact) mass is 234 g/mol. The summed E-state index contributed by atoms with van der Waals surface area (Å²) in [5.41, 5.74) is 5.99. The van der Waals surface area contributed by atoms with Crippen LogP contribution in [0.15, 0.2) is 24.3 Å². The average molecular weight is 234 g/mol. The molecular formula is C12H14N2O3. The van der Waals surface area contributed by atoms with Crippen molar-refractivity contribution in [2.75, 3.05) is 13.1 Å². The van der Waals surface area contributed by atoms with Crippen molar-refractivity contribution in [3.8, 4) is 0 Å². The molecule has 0 bridgehead atoms. The number of aliphatic hydroxyl groups excluding tert-OH is 1. The van der Waals surface area contributed by atoms with Crippen molar-refractivity contribution in [1.29, 1.82) is 0 Å². The summed E-state index contributed by atoms with van der Waals surface area (Å²) in [7, 11) is 0. The van der Waals surface area contributed by atoms with Crippen LogP contribution in [0.3, 0.4) is 0 Å². The normalized spacial score (nSPS) is 19.4. The SMILES string of the molecule is NC(=O)c1ccc(C(=O)N2CCC(O)C2)cc1. The number of amides is 2. The molecule has 0 aliphatic carbocycles. The molecule has 0 radical (unpaired) electrons. The molecule has 1 atom stereocenters. The maximum Gasteiger partial charge on any atom is 0.253 e. The number of hydrogen-bond acceptors (Lipinski definition) is 3. The Labute approximate surface area is 98.8 Å². The number of rotatable bonds is 2. The largest absolute Gasteiger partial charge is 0.391 e. The molecule has 1 fully saturated rings. The molecule has 1 aliphatic heterocycles. The smallest absolute Gasteiger partial charge is 0.253 e. The fourth-order valence-corrected chi connectivity index (χ4v) is 1.89. The van der Waals surface area contributed by atoms with Gasteiger partial charge in [0.15, 0.2) is 0 Å². The van der Waals surface area contributed by atoms with Gasteiger partial charge < -0.3 is 15.7 Å². The topological polar surface area (TPSA) is 83.6 Å². The van der Waals surface area contributed by atoms with Gasteiger partial charge in [-0.25, -0.2) is 0 Å². The predicted molar refractivity (Wildman–Crippen MR) is 61.5 cm³/mol. The van der Waals surface area contributed by atoms with Crippen LogP contribution in [0, 0.1) is 0 Å². The van der Waals surface area contributed by atoms with Gasteiger partial charge in [0.2, 0.25) is 5.91 Å². The van der Waals surface area contributed by atoms with Gasteiger partial charge in [-0.1, -0.05) is 0 Å². The van der Waals surface area contributed by atoms with Gasteiger partial charge in [-0.2, -0.15) is 0 Å². The molecule has 3 N–H and O–H groups in total. The summed E-state index contributed by atoms with van der Waals surface area (Å²) >= 11 is 0. The molecule has 90 valence electrons. The van der Waals surface area contributed by atoms with E-state index in [9.17, 15) is 14.7 Å². The average Bonchev–Trinajstić information content (AvgIpc) is 2.75. The molecule has 1 aliphatic rings. The summed E-state index contributed by atoms with van der Waals surface area (Å²) in [6, 6.07) is 6.21. The van der Waals surface area contributed by atoms with E-state index in [1.807, 2.05) is 0 Å². The van der Waals surface area contributed by atoms with Crippen molar-refractivity contribution in [1.82, 2.24) is 4.90 Å². The zero-order valence-electron chi connectivity index (χ0n) is 9.30. The molecule has 1 aromatic carbocycles. The van der Waals surface area contributed by atoms with E-state index in [2.05, 4.69) is 0 Å². The number of primary amides is 1. The van der Waals surface area contributed by atoms with Gasteiger partial charge in [0.05, 0.1) is 6.10 Å². The Hall–Kier alpha value is -1.88. The summed E-state index contributed by atoms with van der Waals surface area (Å²) in [6.45, 7) is 0.938. The highest BCUT2D eigenvalue weighted by Crippen LogP contribution is 2.14. The lowest BCUT2D eigenvalue weighted by molar-refractivity contribution is 0.0764. The van der Waals surface area contributed by atoms with Gasteiger partial charge in [0, 0.05) is 24.2 Å². The van der Waals surface area contributed by atoms with Gasteiger partial charge in [0.25, 0.3) is 5.91 Å². The predicted octanol–water partition coefficient (Wildman–Crippen LogP) is -0.00770. The van der Waals surface area contributed by atoms with Crippen molar-refractivity contribution in [2.24, 2.45) is 5.73 Å². The van der Waals surface area contributed by atoms with Crippen LogP contribution in [0.1, 0.15) is 27.1 Å². The maximum atomic E-state index is 12.0. The van der Waals surface area contributed by atoms with E-state index < -0.39 is 12.0 Å². The van der Waals surface area contributed by atoms with Gasteiger partial charge >= 0.3 is 0 Å². The first-order valence-corrected chi connectivity index (χ1v) is 5.45. The lowest BCUT2D eigenvalue weighted by Crippen LogP contribution is -2.29. The lowest BCUT2D eigenvalue weighted by Gasteiger charge is -2.15. The van der Waals surface area contributed by atoms with Crippen LogP contribution in [-0.2, 0) is 0 Å².